The topological polar surface area (TPSA) is 96.5 Å². The predicted octanol–water partition coefficient (Wildman–Crippen LogP) is 0.802. The molecule has 7 nitrogen and oxygen atoms in total. The van der Waals surface area contributed by atoms with E-state index in [1.807, 2.05) is 13.8 Å². The Kier molecular flexibility index (Phi) is 7.76. The van der Waals surface area contributed by atoms with Crippen LogP contribution in [0.15, 0.2) is 24.3 Å². The number of anilines is 1. The van der Waals surface area contributed by atoms with Crippen LogP contribution in [-0.2, 0) is 25.7 Å². The number of benzene rings is 1. The lowest BCUT2D eigenvalue weighted by Gasteiger charge is -2.10. The summed E-state index contributed by atoms with van der Waals surface area (Å²) in [5.74, 6) is -0.883. The lowest BCUT2D eigenvalue weighted by Crippen LogP contribution is -2.40. The lowest BCUT2D eigenvalue weighted by molar-refractivity contribution is -0.142. The van der Waals surface area contributed by atoms with Crippen LogP contribution in [0.4, 0.5) is 5.69 Å². The molecule has 0 aliphatic heterocycles. The van der Waals surface area contributed by atoms with Gasteiger partial charge in [-0.05, 0) is 17.7 Å². The van der Waals surface area contributed by atoms with Gasteiger partial charge in [-0.2, -0.15) is 0 Å². The van der Waals surface area contributed by atoms with Crippen LogP contribution in [0.1, 0.15) is 26.3 Å². The Hall–Kier alpha value is -2.41. The van der Waals surface area contributed by atoms with Gasteiger partial charge in [0.1, 0.15) is 6.61 Å². The molecule has 0 aliphatic carbocycles. The second kappa shape index (κ2) is 9.58. The zero-order chi connectivity index (χ0) is 17.2. The van der Waals surface area contributed by atoms with Crippen molar-refractivity contribution < 1.29 is 19.1 Å². The average Bonchev–Trinajstić information content (AvgIpc) is 2.50. The normalized spacial score (nSPS) is 10.3. The molecule has 0 aliphatic rings. The van der Waals surface area contributed by atoms with E-state index in [0.717, 1.165) is 5.56 Å². The summed E-state index contributed by atoms with van der Waals surface area (Å²) in [5, 5.41) is 8.17. The van der Waals surface area contributed by atoms with E-state index in [-0.39, 0.29) is 43.5 Å². The monoisotopic (exact) mass is 321 g/mol. The smallest absolute Gasteiger partial charge is 0.302 e. The van der Waals surface area contributed by atoms with Crippen molar-refractivity contribution >= 4 is 23.5 Å². The number of esters is 1. The van der Waals surface area contributed by atoms with Crippen LogP contribution in [0, 0.1) is 0 Å². The third-order valence-corrected chi connectivity index (χ3v) is 2.80. The van der Waals surface area contributed by atoms with Gasteiger partial charge < -0.3 is 20.7 Å². The van der Waals surface area contributed by atoms with Crippen LogP contribution in [0.25, 0.3) is 0 Å². The van der Waals surface area contributed by atoms with Crippen molar-refractivity contribution in [3.63, 3.8) is 0 Å². The highest BCUT2D eigenvalue weighted by molar-refractivity contribution is 5.94. The van der Waals surface area contributed by atoms with E-state index in [1.165, 1.54) is 6.92 Å². The van der Waals surface area contributed by atoms with Gasteiger partial charge in [-0.3, -0.25) is 14.4 Å². The van der Waals surface area contributed by atoms with Crippen molar-refractivity contribution in [2.75, 3.05) is 18.4 Å². The van der Waals surface area contributed by atoms with Crippen LogP contribution in [0.3, 0.4) is 0 Å². The summed E-state index contributed by atoms with van der Waals surface area (Å²) in [5.41, 5.74) is 1.43. The van der Waals surface area contributed by atoms with Crippen molar-refractivity contribution in [2.24, 2.45) is 0 Å². The molecular weight excluding hydrogens is 298 g/mol. The maximum absolute atomic E-state index is 11.7. The Bertz CT molecular complexity index is 541. The minimum Gasteiger partial charge on any atom is -0.461 e. The summed E-state index contributed by atoms with van der Waals surface area (Å²) in [6.45, 7) is 5.50. The van der Waals surface area contributed by atoms with Crippen LogP contribution < -0.4 is 16.0 Å². The highest BCUT2D eigenvalue weighted by Crippen LogP contribution is 2.10. The first-order chi connectivity index (χ1) is 10.9. The van der Waals surface area contributed by atoms with Gasteiger partial charge in [0.15, 0.2) is 0 Å². The Morgan fingerprint density at radius 1 is 1.04 bits per heavy atom. The van der Waals surface area contributed by atoms with E-state index < -0.39 is 0 Å². The zero-order valence-electron chi connectivity index (χ0n) is 13.6. The summed E-state index contributed by atoms with van der Waals surface area (Å²) >= 11 is 0. The van der Waals surface area contributed by atoms with Gasteiger partial charge in [0.25, 0.3) is 0 Å². The van der Waals surface area contributed by atoms with E-state index in [9.17, 15) is 14.4 Å². The Morgan fingerprint density at radius 2 is 1.70 bits per heavy atom. The Balaban J connectivity index is 2.33. The maximum Gasteiger partial charge on any atom is 0.302 e. The molecule has 1 rings (SSSR count). The fourth-order valence-corrected chi connectivity index (χ4v) is 1.61. The predicted molar refractivity (Wildman–Crippen MR) is 86.7 cm³/mol. The summed E-state index contributed by atoms with van der Waals surface area (Å²) in [6.07, 6.45) is 0. The minimum absolute atomic E-state index is 0.0895. The molecular formula is C16H23N3O4. The molecule has 0 radical (unpaired) electrons. The number of hydrogen-bond acceptors (Lipinski definition) is 5. The van der Waals surface area contributed by atoms with Crippen molar-refractivity contribution in [1.82, 2.24) is 10.6 Å². The highest BCUT2D eigenvalue weighted by atomic mass is 16.5. The first kappa shape index (κ1) is 18.6. The number of carbonyl (C=O) groups excluding carboxylic acids is 3. The van der Waals surface area contributed by atoms with E-state index in [1.54, 1.807) is 24.3 Å². The minimum atomic E-state index is -0.343. The number of amides is 2. The largest absolute Gasteiger partial charge is 0.461 e. The van der Waals surface area contributed by atoms with Crippen molar-refractivity contribution in [1.29, 1.82) is 0 Å². The quantitative estimate of drug-likeness (QED) is 0.616. The molecule has 0 bridgehead atoms. The molecule has 3 N–H and O–H groups in total. The van der Waals surface area contributed by atoms with Gasteiger partial charge in [0, 0.05) is 18.7 Å². The molecule has 0 saturated carbocycles. The molecule has 0 fully saturated rings. The molecule has 0 spiro atoms. The number of rotatable bonds is 8. The average molecular weight is 321 g/mol. The molecule has 1 aromatic rings. The third kappa shape index (κ3) is 8.57. The van der Waals surface area contributed by atoms with Gasteiger partial charge >= 0.3 is 5.97 Å². The van der Waals surface area contributed by atoms with Gasteiger partial charge in [-0.1, -0.05) is 26.0 Å². The Labute approximate surface area is 135 Å². The van der Waals surface area contributed by atoms with E-state index in [2.05, 4.69) is 16.0 Å². The van der Waals surface area contributed by atoms with Crippen molar-refractivity contribution in [2.45, 2.75) is 33.4 Å². The molecule has 0 saturated heterocycles. The van der Waals surface area contributed by atoms with Crippen molar-refractivity contribution in [3.8, 4) is 0 Å². The molecule has 0 aromatic heterocycles. The first-order valence-electron chi connectivity index (χ1n) is 7.39. The van der Waals surface area contributed by atoms with Gasteiger partial charge in [0.05, 0.1) is 13.1 Å². The maximum atomic E-state index is 11.7. The number of carbonyl (C=O) groups is 3. The molecule has 126 valence electrons. The standard InChI is InChI=1S/C16H23N3O4/c1-11(2)17-8-15(21)18-9-16(22)19-14-6-4-13(5-7-14)10-23-12(3)20/h4-7,11,17H,8-10H2,1-3H3,(H,18,21)(H,19,22). The summed E-state index contributed by atoms with van der Waals surface area (Å²) in [7, 11) is 0. The van der Waals surface area contributed by atoms with Gasteiger partial charge in [-0.15, -0.1) is 0 Å². The summed E-state index contributed by atoms with van der Waals surface area (Å²) < 4.78 is 4.87. The van der Waals surface area contributed by atoms with E-state index in [0.29, 0.717) is 5.69 Å². The molecule has 7 heteroatoms. The number of nitrogens with one attached hydrogen (secondary N) is 3. The molecule has 0 atom stereocenters. The van der Waals surface area contributed by atoms with Crippen LogP contribution in [0.5, 0.6) is 0 Å². The zero-order valence-corrected chi connectivity index (χ0v) is 13.6. The number of ether oxygens (including phenoxy) is 1. The lowest BCUT2D eigenvalue weighted by atomic mass is 10.2. The fourth-order valence-electron chi connectivity index (χ4n) is 1.61. The summed E-state index contributed by atoms with van der Waals surface area (Å²) in [6, 6.07) is 7.13. The van der Waals surface area contributed by atoms with Crippen LogP contribution in [0.2, 0.25) is 0 Å². The van der Waals surface area contributed by atoms with Gasteiger partial charge in [-0.25, -0.2) is 0 Å². The van der Waals surface area contributed by atoms with Crippen LogP contribution in [-0.4, -0.2) is 36.9 Å². The molecule has 0 heterocycles. The highest BCUT2D eigenvalue weighted by Gasteiger charge is 2.06. The Morgan fingerprint density at radius 3 is 2.26 bits per heavy atom. The molecule has 0 unspecified atom stereocenters. The molecule has 1 aromatic carbocycles. The summed E-state index contributed by atoms with van der Waals surface area (Å²) in [4.78, 5) is 33.9. The first-order valence-corrected chi connectivity index (χ1v) is 7.39. The fraction of sp³-hybridized carbons (Fsp3) is 0.438. The van der Waals surface area contributed by atoms with E-state index in [4.69, 9.17) is 4.74 Å². The van der Waals surface area contributed by atoms with Crippen molar-refractivity contribution in [3.05, 3.63) is 29.8 Å². The SMILES string of the molecule is CC(=O)OCc1ccc(NC(=O)CNC(=O)CNC(C)C)cc1. The number of hydrogen-bond donors (Lipinski definition) is 3. The molecule has 23 heavy (non-hydrogen) atoms. The second-order valence-electron chi connectivity index (χ2n) is 5.34. The molecule has 2 amide bonds. The third-order valence-electron chi connectivity index (χ3n) is 2.80. The second-order valence-corrected chi connectivity index (χ2v) is 5.34. The van der Waals surface area contributed by atoms with Crippen LogP contribution >= 0.6 is 0 Å². The van der Waals surface area contributed by atoms with E-state index >= 15 is 0 Å². The van der Waals surface area contributed by atoms with Gasteiger partial charge in [0.2, 0.25) is 11.8 Å².